The van der Waals surface area contributed by atoms with Gasteiger partial charge in [-0.25, -0.2) is 0 Å². The summed E-state index contributed by atoms with van der Waals surface area (Å²) in [6.07, 6.45) is 10.0. The standard InChI is InChI=1S/C52H70O6/c1-12-50(10,13-2)49(54)55-44-29-23-40(24-30-44)21-19-18-20-22-41-25-31-45(32-26-41)57-52(16-5,17-6)39(9)48(53)56-46-33-27-42(35-37(46)7)43-28-34-47(38(8)36-43)58-51(11,14-3)15-4/h23-36,39H,12-22H2,1-11H3. The average Bonchev–Trinajstić information content (AvgIpc) is 3.24. The van der Waals surface area contributed by atoms with Crippen molar-refractivity contribution in [2.45, 2.75) is 158 Å². The second-order valence-corrected chi connectivity index (χ2v) is 16.7. The van der Waals surface area contributed by atoms with Crippen molar-refractivity contribution in [3.05, 3.63) is 107 Å². The highest BCUT2D eigenvalue weighted by atomic mass is 16.5. The van der Waals surface area contributed by atoms with E-state index in [0.29, 0.717) is 24.3 Å². The van der Waals surface area contributed by atoms with E-state index in [4.69, 9.17) is 18.9 Å². The predicted molar refractivity (Wildman–Crippen MR) is 238 cm³/mol. The second kappa shape index (κ2) is 20.9. The summed E-state index contributed by atoms with van der Waals surface area (Å²) in [6.45, 7) is 22.6. The Hall–Kier alpha value is -4.58. The molecule has 1 atom stereocenters. The molecule has 0 radical (unpaired) electrons. The summed E-state index contributed by atoms with van der Waals surface area (Å²) in [5, 5.41) is 0. The van der Waals surface area contributed by atoms with Crippen LogP contribution in [0.25, 0.3) is 11.1 Å². The van der Waals surface area contributed by atoms with Crippen LogP contribution >= 0.6 is 0 Å². The van der Waals surface area contributed by atoms with Crippen LogP contribution in [0.2, 0.25) is 0 Å². The smallest absolute Gasteiger partial charge is 0.318 e. The summed E-state index contributed by atoms with van der Waals surface area (Å²) in [6, 6.07) is 28.6. The van der Waals surface area contributed by atoms with E-state index >= 15 is 0 Å². The zero-order valence-corrected chi connectivity index (χ0v) is 37.4. The van der Waals surface area contributed by atoms with Crippen molar-refractivity contribution in [2.75, 3.05) is 0 Å². The number of ether oxygens (including phenoxy) is 4. The Balaban J connectivity index is 1.28. The van der Waals surface area contributed by atoms with E-state index in [1.54, 1.807) is 0 Å². The van der Waals surface area contributed by atoms with Gasteiger partial charge in [-0.15, -0.1) is 0 Å². The van der Waals surface area contributed by atoms with Gasteiger partial charge >= 0.3 is 11.9 Å². The third-order valence-corrected chi connectivity index (χ3v) is 12.9. The van der Waals surface area contributed by atoms with Crippen molar-refractivity contribution >= 4 is 11.9 Å². The van der Waals surface area contributed by atoms with E-state index in [1.807, 2.05) is 71.0 Å². The number of esters is 2. The maximum absolute atomic E-state index is 13.7. The summed E-state index contributed by atoms with van der Waals surface area (Å²) in [5.74, 6) is 1.90. The lowest BCUT2D eigenvalue weighted by atomic mass is 9.83. The Labute approximate surface area is 350 Å². The molecule has 4 aromatic carbocycles. The molecule has 4 rings (SSSR count). The van der Waals surface area contributed by atoms with Gasteiger partial charge in [0, 0.05) is 0 Å². The molecule has 58 heavy (non-hydrogen) atoms. The molecule has 4 aromatic rings. The van der Waals surface area contributed by atoms with E-state index in [0.717, 1.165) is 91.5 Å². The van der Waals surface area contributed by atoms with Crippen LogP contribution in [0.3, 0.4) is 0 Å². The molecule has 6 heteroatoms. The third kappa shape index (κ3) is 11.8. The van der Waals surface area contributed by atoms with Gasteiger partial charge in [0.1, 0.15) is 34.2 Å². The third-order valence-electron chi connectivity index (χ3n) is 12.9. The minimum Gasteiger partial charge on any atom is -0.487 e. The van der Waals surface area contributed by atoms with Gasteiger partial charge in [0.25, 0.3) is 0 Å². The van der Waals surface area contributed by atoms with Gasteiger partial charge in [-0.2, -0.15) is 0 Å². The zero-order chi connectivity index (χ0) is 42.5. The Kier molecular flexibility index (Phi) is 16.6. The van der Waals surface area contributed by atoms with E-state index in [2.05, 4.69) is 90.1 Å². The molecule has 0 bridgehead atoms. The van der Waals surface area contributed by atoms with E-state index in [1.165, 1.54) is 11.1 Å². The Morgan fingerprint density at radius 1 is 0.552 bits per heavy atom. The highest BCUT2D eigenvalue weighted by molar-refractivity contribution is 5.79. The van der Waals surface area contributed by atoms with Crippen molar-refractivity contribution < 1.29 is 28.5 Å². The molecule has 0 aliphatic heterocycles. The van der Waals surface area contributed by atoms with Gasteiger partial charge < -0.3 is 18.9 Å². The molecule has 0 fully saturated rings. The van der Waals surface area contributed by atoms with Crippen molar-refractivity contribution in [2.24, 2.45) is 11.3 Å². The van der Waals surface area contributed by atoms with E-state index < -0.39 is 16.9 Å². The first-order valence-electron chi connectivity index (χ1n) is 21.9. The largest absolute Gasteiger partial charge is 0.487 e. The van der Waals surface area contributed by atoms with Gasteiger partial charge in [-0.05, 0) is 181 Å². The fourth-order valence-electron chi connectivity index (χ4n) is 7.34. The molecule has 0 N–H and O–H groups in total. The van der Waals surface area contributed by atoms with Crippen molar-refractivity contribution in [3.63, 3.8) is 0 Å². The number of carbonyl (C=O) groups excluding carboxylic acids is 2. The van der Waals surface area contributed by atoms with Crippen LogP contribution in [-0.2, 0) is 22.4 Å². The summed E-state index contributed by atoms with van der Waals surface area (Å²) in [7, 11) is 0. The number of hydrogen-bond acceptors (Lipinski definition) is 6. The Bertz CT molecular complexity index is 1910. The van der Waals surface area contributed by atoms with Gasteiger partial charge in [0.05, 0.1) is 11.3 Å². The summed E-state index contributed by atoms with van der Waals surface area (Å²) in [5.41, 5.74) is 5.34. The minimum atomic E-state index is -0.703. The Morgan fingerprint density at radius 2 is 1.03 bits per heavy atom. The number of carbonyl (C=O) groups is 2. The predicted octanol–water partition coefficient (Wildman–Crippen LogP) is 13.8. The van der Waals surface area contributed by atoms with Gasteiger partial charge in [0.2, 0.25) is 0 Å². The van der Waals surface area contributed by atoms with Crippen LogP contribution in [0.5, 0.6) is 23.0 Å². The first-order valence-corrected chi connectivity index (χ1v) is 21.9. The van der Waals surface area contributed by atoms with Crippen LogP contribution in [0.15, 0.2) is 84.9 Å². The second-order valence-electron chi connectivity index (χ2n) is 16.7. The summed E-state index contributed by atoms with van der Waals surface area (Å²) in [4.78, 5) is 26.3. The van der Waals surface area contributed by atoms with Crippen molar-refractivity contribution in [3.8, 4) is 34.1 Å². The number of hydrogen-bond donors (Lipinski definition) is 0. The first kappa shape index (κ1) is 46.1. The number of rotatable bonds is 22. The fourth-order valence-corrected chi connectivity index (χ4v) is 7.34. The average molecular weight is 791 g/mol. The topological polar surface area (TPSA) is 71.1 Å². The fraction of sp³-hybridized carbons (Fsp3) is 0.500. The van der Waals surface area contributed by atoms with Crippen LogP contribution < -0.4 is 18.9 Å². The molecule has 0 spiro atoms. The molecule has 0 saturated heterocycles. The molecule has 0 amide bonds. The summed E-state index contributed by atoms with van der Waals surface area (Å²) >= 11 is 0. The molecule has 6 nitrogen and oxygen atoms in total. The SMILES string of the molecule is CCC(C)(CC)Oc1ccc(-c2ccc(OC(=O)C(C)C(CC)(CC)Oc3ccc(CCCCCc4ccc(OC(=O)C(C)(CC)CC)cc4)cc3)c(C)c2)cc1C. The highest BCUT2D eigenvalue weighted by Crippen LogP contribution is 2.36. The molecule has 0 aliphatic rings. The number of benzene rings is 4. The quantitative estimate of drug-likeness (QED) is 0.0448. The first-order chi connectivity index (χ1) is 27.7. The lowest BCUT2D eigenvalue weighted by Crippen LogP contribution is -2.46. The van der Waals surface area contributed by atoms with E-state index in [-0.39, 0.29) is 17.5 Å². The lowest BCUT2D eigenvalue weighted by molar-refractivity contribution is -0.147. The number of aryl methyl sites for hydroxylation is 4. The Morgan fingerprint density at radius 3 is 1.48 bits per heavy atom. The molecular weight excluding hydrogens is 721 g/mol. The van der Waals surface area contributed by atoms with Gasteiger partial charge in [-0.1, -0.05) is 84.4 Å². The van der Waals surface area contributed by atoms with Crippen molar-refractivity contribution in [1.82, 2.24) is 0 Å². The maximum Gasteiger partial charge on any atom is 0.318 e. The molecule has 1 unspecified atom stereocenters. The van der Waals surface area contributed by atoms with Gasteiger partial charge in [-0.3, -0.25) is 9.59 Å². The monoisotopic (exact) mass is 791 g/mol. The molecule has 0 aromatic heterocycles. The van der Waals surface area contributed by atoms with Crippen molar-refractivity contribution in [1.29, 1.82) is 0 Å². The van der Waals surface area contributed by atoms with Gasteiger partial charge in [0.15, 0.2) is 0 Å². The molecule has 0 saturated carbocycles. The lowest BCUT2D eigenvalue weighted by Gasteiger charge is -2.37. The molecule has 0 heterocycles. The molecule has 314 valence electrons. The summed E-state index contributed by atoms with van der Waals surface area (Å²) < 4.78 is 24.8. The molecule has 0 aliphatic carbocycles. The zero-order valence-electron chi connectivity index (χ0n) is 37.4. The normalized spacial score (nSPS) is 12.5. The number of unbranched alkanes of at least 4 members (excludes halogenated alkanes) is 2. The van der Waals surface area contributed by atoms with Crippen LogP contribution in [-0.4, -0.2) is 23.1 Å². The van der Waals surface area contributed by atoms with Crippen LogP contribution in [0.1, 0.15) is 142 Å². The maximum atomic E-state index is 13.7. The molecular formula is C52H70O6. The van der Waals surface area contributed by atoms with E-state index in [9.17, 15) is 9.59 Å². The van der Waals surface area contributed by atoms with Crippen LogP contribution in [0.4, 0.5) is 0 Å². The highest BCUT2D eigenvalue weighted by Gasteiger charge is 2.41. The van der Waals surface area contributed by atoms with Crippen LogP contribution in [0, 0.1) is 25.2 Å². The minimum absolute atomic E-state index is 0.158.